The third-order valence-electron chi connectivity index (χ3n) is 11.0. The van der Waals surface area contributed by atoms with E-state index in [0.717, 1.165) is 87.3 Å². The molecule has 250 valence electrons. The Morgan fingerprint density at radius 2 is 1.72 bits per heavy atom. The van der Waals surface area contributed by atoms with Gasteiger partial charge < -0.3 is 14.1 Å². The number of rotatable bonds is 10. The molecule has 1 aromatic heterocycles. The summed E-state index contributed by atoms with van der Waals surface area (Å²) >= 11 is 0. The van der Waals surface area contributed by atoms with Crippen molar-refractivity contribution < 1.29 is 14.0 Å². The Hall–Kier alpha value is -2.97. The minimum Gasteiger partial charge on any atom is -0.496 e. The highest BCUT2D eigenvalue weighted by Gasteiger charge is 2.41. The second-order valence-electron chi connectivity index (χ2n) is 15.2. The quantitative estimate of drug-likeness (QED) is 0.206. The summed E-state index contributed by atoms with van der Waals surface area (Å²) in [5.74, 6) is 3.04. The number of aryl methyl sites for hydroxylation is 2. The zero-order valence-electron chi connectivity index (χ0n) is 29.5. The number of carbonyl (C=O) groups is 1. The van der Waals surface area contributed by atoms with Crippen LogP contribution in [0.4, 0.5) is 5.69 Å². The molecule has 0 saturated heterocycles. The lowest BCUT2D eigenvalue weighted by Gasteiger charge is -2.41. The lowest BCUT2D eigenvalue weighted by atomic mass is 9.78. The molecule has 0 unspecified atom stereocenters. The summed E-state index contributed by atoms with van der Waals surface area (Å²) in [7, 11) is -0.0841. The first-order chi connectivity index (χ1) is 21.9. The van der Waals surface area contributed by atoms with Gasteiger partial charge in [-0.25, -0.2) is 9.67 Å². The summed E-state index contributed by atoms with van der Waals surface area (Å²) in [5.41, 5.74) is 4.60. The number of hydrogen-bond donors (Lipinski definition) is 0. The molecular formula is C38H56N4O3Si. The Labute approximate surface area is 278 Å². The van der Waals surface area contributed by atoms with Crippen LogP contribution in [0.2, 0.25) is 18.1 Å². The number of hydrogen-bond acceptors (Lipinski definition) is 5. The van der Waals surface area contributed by atoms with Crippen LogP contribution in [-0.4, -0.2) is 48.7 Å². The molecule has 2 aliphatic carbocycles. The molecule has 0 spiro atoms. The summed E-state index contributed by atoms with van der Waals surface area (Å²) in [4.78, 5) is 20.9. The van der Waals surface area contributed by atoms with Gasteiger partial charge in [-0.3, -0.25) is 4.79 Å². The molecule has 46 heavy (non-hydrogen) atoms. The van der Waals surface area contributed by atoms with Gasteiger partial charge in [-0.15, -0.1) is 0 Å². The van der Waals surface area contributed by atoms with E-state index in [1.807, 2.05) is 19.1 Å². The van der Waals surface area contributed by atoms with E-state index in [-0.39, 0.29) is 23.0 Å². The van der Waals surface area contributed by atoms with Crippen molar-refractivity contribution in [2.24, 2.45) is 11.8 Å². The van der Waals surface area contributed by atoms with Crippen molar-refractivity contribution in [3.05, 3.63) is 65.7 Å². The molecule has 8 heteroatoms. The number of ether oxygens (including phenoxy) is 1. The minimum absolute atomic E-state index is 0.0274. The van der Waals surface area contributed by atoms with E-state index in [2.05, 4.69) is 86.1 Å². The van der Waals surface area contributed by atoms with Gasteiger partial charge in [0.05, 0.1) is 12.8 Å². The Morgan fingerprint density at radius 3 is 2.33 bits per heavy atom. The molecular weight excluding hydrogens is 589 g/mol. The average Bonchev–Trinajstić information content (AvgIpc) is 3.49. The maximum atomic E-state index is 14.4. The van der Waals surface area contributed by atoms with E-state index in [9.17, 15) is 4.79 Å². The normalized spacial score (nSPS) is 22.4. The molecule has 3 aromatic rings. The second-order valence-corrected chi connectivity index (χ2v) is 20.0. The highest BCUT2D eigenvalue weighted by atomic mass is 28.4. The van der Waals surface area contributed by atoms with Gasteiger partial charge in [-0.2, -0.15) is 5.10 Å². The van der Waals surface area contributed by atoms with Gasteiger partial charge in [0.15, 0.2) is 8.32 Å². The number of aromatic nitrogens is 3. The monoisotopic (exact) mass is 644 g/mol. The summed E-state index contributed by atoms with van der Waals surface area (Å²) in [5, 5.41) is 4.72. The topological polar surface area (TPSA) is 69.5 Å². The highest BCUT2D eigenvalue weighted by Crippen LogP contribution is 2.41. The lowest BCUT2D eigenvalue weighted by molar-refractivity contribution is -0.124. The molecule has 0 atom stereocenters. The highest BCUT2D eigenvalue weighted by molar-refractivity contribution is 6.74. The molecule has 7 nitrogen and oxygen atoms in total. The van der Waals surface area contributed by atoms with Crippen LogP contribution < -0.4 is 9.64 Å². The third-order valence-corrected chi connectivity index (χ3v) is 15.5. The fourth-order valence-corrected chi connectivity index (χ4v) is 8.53. The molecule has 2 aliphatic rings. The van der Waals surface area contributed by atoms with Crippen LogP contribution in [0.1, 0.15) is 102 Å². The summed E-state index contributed by atoms with van der Waals surface area (Å²) < 4.78 is 14.2. The molecule has 1 amide bonds. The van der Waals surface area contributed by atoms with Crippen molar-refractivity contribution in [3.63, 3.8) is 0 Å². The van der Waals surface area contributed by atoms with Gasteiger partial charge in [-0.05, 0) is 130 Å². The molecule has 2 aromatic carbocycles. The number of carbonyl (C=O) groups excluding carboxylic acids is 1. The fraction of sp³-hybridized carbons (Fsp3) is 0.605. The molecule has 0 bridgehead atoms. The maximum absolute atomic E-state index is 14.4. The van der Waals surface area contributed by atoms with Gasteiger partial charge in [-0.1, -0.05) is 45.9 Å². The van der Waals surface area contributed by atoms with Gasteiger partial charge in [0.25, 0.3) is 0 Å². The van der Waals surface area contributed by atoms with Crippen molar-refractivity contribution in [3.8, 4) is 11.4 Å². The van der Waals surface area contributed by atoms with Crippen LogP contribution in [0.3, 0.4) is 0 Å². The van der Waals surface area contributed by atoms with Crippen molar-refractivity contribution in [1.82, 2.24) is 14.8 Å². The number of nitrogens with zero attached hydrogens (tertiary/aromatic N) is 4. The first-order valence-electron chi connectivity index (χ1n) is 17.5. The lowest BCUT2D eigenvalue weighted by Crippen LogP contribution is -2.46. The molecule has 2 saturated carbocycles. The summed E-state index contributed by atoms with van der Waals surface area (Å²) in [6.07, 6.45) is 11.2. The van der Waals surface area contributed by atoms with Gasteiger partial charge in [0.2, 0.25) is 5.91 Å². The number of anilines is 1. The first-order valence-corrected chi connectivity index (χ1v) is 20.4. The molecule has 0 N–H and O–H groups in total. The van der Waals surface area contributed by atoms with E-state index in [1.54, 1.807) is 18.1 Å². The standard InChI is InChI=1S/C38H56N4O3Si/c1-9-29-23-32(19-22-36(29)44-6)30-15-13-28(14-16-30)25-41(33-11-10-12-34(24-33)42-26-39-27(2)40-42)37(43)31-17-20-35(21-18-31)45-46(7,8)38(3,4)5/h10-12,19,22-24,26,28,30-31,35H,9,13-18,20-21,25H2,1-8H3/t28-,30-,31-,35-. The number of amides is 1. The predicted molar refractivity (Wildman–Crippen MR) is 190 cm³/mol. The first kappa shape index (κ1) is 34.4. The van der Waals surface area contributed by atoms with E-state index in [4.69, 9.17) is 9.16 Å². The summed E-state index contributed by atoms with van der Waals surface area (Å²) in [6, 6.07) is 15.0. The predicted octanol–water partition coefficient (Wildman–Crippen LogP) is 9.03. The van der Waals surface area contributed by atoms with Crippen molar-refractivity contribution in [2.45, 2.75) is 123 Å². The van der Waals surface area contributed by atoms with Crippen molar-refractivity contribution >= 4 is 19.9 Å². The fourth-order valence-electron chi connectivity index (χ4n) is 7.10. The third kappa shape index (κ3) is 7.93. The Morgan fingerprint density at radius 1 is 1.00 bits per heavy atom. The van der Waals surface area contributed by atoms with Crippen LogP contribution in [0.5, 0.6) is 5.75 Å². The van der Waals surface area contributed by atoms with E-state index in [1.165, 1.54) is 11.1 Å². The van der Waals surface area contributed by atoms with Gasteiger partial charge in [0, 0.05) is 24.3 Å². The van der Waals surface area contributed by atoms with E-state index >= 15 is 0 Å². The Kier molecular flexibility index (Phi) is 10.8. The van der Waals surface area contributed by atoms with Crippen LogP contribution in [0.25, 0.3) is 5.69 Å². The molecule has 5 rings (SSSR count). The number of benzene rings is 2. The summed E-state index contributed by atoms with van der Waals surface area (Å²) in [6.45, 7) is 16.4. The van der Waals surface area contributed by atoms with E-state index in [0.29, 0.717) is 11.8 Å². The molecule has 0 aliphatic heterocycles. The minimum atomic E-state index is -1.84. The van der Waals surface area contributed by atoms with Crippen molar-refractivity contribution in [1.29, 1.82) is 0 Å². The van der Waals surface area contributed by atoms with E-state index < -0.39 is 8.32 Å². The second kappa shape index (κ2) is 14.4. The maximum Gasteiger partial charge on any atom is 0.230 e. The number of methoxy groups -OCH3 is 1. The zero-order chi connectivity index (χ0) is 33.1. The van der Waals surface area contributed by atoms with Crippen molar-refractivity contribution in [2.75, 3.05) is 18.6 Å². The SMILES string of the molecule is CCc1cc([C@H]2CC[C@H](CN(c3cccc(-n4cnc(C)n4)c3)C(=O)[C@H]3CC[C@H](O[Si](C)(C)C(C)(C)C)CC3)CC2)ccc1OC. The van der Waals surface area contributed by atoms with Gasteiger partial charge in [0.1, 0.15) is 17.9 Å². The largest absolute Gasteiger partial charge is 0.496 e. The Bertz CT molecular complexity index is 1460. The molecule has 0 radical (unpaired) electrons. The van der Waals surface area contributed by atoms with Gasteiger partial charge >= 0.3 is 0 Å². The van der Waals surface area contributed by atoms with Crippen LogP contribution in [-0.2, 0) is 15.6 Å². The van der Waals surface area contributed by atoms with Crippen LogP contribution in [0.15, 0.2) is 48.8 Å². The molecule has 1 heterocycles. The zero-order valence-corrected chi connectivity index (χ0v) is 30.5. The average molecular weight is 645 g/mol. The molecule has 2 fully saturated rings. The Balaban J connectivity index is 1.30. The van der Waals surface area contributed by atoms with Crippen LogP contribution >= 0.6 is 0 Å². The van der Waals surface area contributed by atoms with Crippen LogP contribution in [0, 0.1) is 18.8 Å². The smallest absolute Gasteiger partial charge is 0.230 e.